The molecule has 0 saturated carbocycles. The first kappa shape index (κ1) is 47.5. The van der Waals surface area contributed by atoms with Crippen LogP contribution < -0.4 is 0 Å². The van der Waals surface area contributed by atoms with Crippen molar-refractivity contribution in [1.29, 1.82) is 0 Å². The number of rotatable bonds is 34. The van der Waals surface area contributed by atoms with Gasteiger partial charge in [-0.1, -0.05) is 138 Å². The summed E-state index contributed by atoms with van der Waals surface area (Å²) in [5.74, 6) is -0.993. The molecular weight excluding hydrogens is 651 g/mol. The molecule has 0 amide bonds. The highest BCUT2D eigenvalue weighted by Gasteiger charge is 2.22. The molecule has 50 heavy (non-hydrogen) atoms. The molecule has 0 aliphatic rings. The molecule has 0 saturated heterocycles. The van der Waals surface area contributed by atoms with Gasteiger partial charge in [-0.25, -0.2) is 4.57 Å². The Hall–Kier alpha value is -2.51. The summed E-state index contributed by atoms with van der Waals surface area (Å²) in [6.45, 7) is 3.48. The fourth-order valence-corrected chi connectivity index (χ4v) is 5.23. The smallest absolute Gasteiger partial charge is 0.462 e. The summed E-state index contributed by atoms with van der Waals surface area (Å²) in [6.07, 6.45) is 46.4. The predicted octanol–water partition coefficient (Wildman–Crippen LogP) is 11.5. The molecule has 0 aromatic carbocycles. The molecule has 1 atom stereocenters. The summed E-state index contributed by atoms with van der Waals surface area (Å²) >= 11 is 0. The Labute approximate surface area is 304 Å². The Bertz CT molecular complexity index is 1040. The van der Waals surface area contributed by atoms with Gasteiger partial charge in [0.2, 0.25) is 0 Å². The zero-order chi connectivity index (χ0) is 36.8. The van der Waals surface area contributed by atoms with Gasteiger partial charge in [0.15, 0.2) is 6.10 Å². The van der Waals surface area contributed by atoms with Gasteiger partial charge in [-0.2, -0.15) is 0 Å². The summed E-state index contributed by atoms with van der Waals surface area (Å²) in [7, 11) is -4.77. The molecule has 0 radical (unpaired) electrons. The number of unbranched alkanes of at least 4 members (excludes halogenated alkanes) is 12. The van der Waals surface area contributed by atoms with Gasteiger partial charge in [-0.15, -0.1) is 0 Å². The zero-order valence-corrected chi connectivity index (χ0v) is 32.2. The summed E-state index contributed by atoms with van der Waals surface area (Å²) in [4.78, 5) is 42.7. The van der Waals surface area contributed by atoms with Gasteiger partial charge in [-0.05, 0) is 77.0 Å². The number of hydrogen-bond acceptors (Lipinski definition) is 6. The van der Waals surface area contributed by atoms with E-state index in [1.807, 2.05) is 6.08 Å². The van der Waals surface area contributed by atoms with E-state index in [-0.39, 0.29) is 19.4 Å². The maximum Gasteiger partial charge on any atom is 0.469 e. The Balaban J connectivity index is 4.11. The third-order valence-corrected chi connectivity index (χ3v) is 8.19. The molecule has 0 spiro atoms. The lowest BCUT2D eigenvalue weighted by molar-refractivity contribution is -0.161. The lowest BCUT2D eigenvalue weighted by atomic mass is 10.1. The van der Waals surface area contributed by atoms with E-state index in [0.29, 0.717) is 19.3 Å². The van der Waals surface area contributed by atoms with E-state index in [1.165, 1.54) is 57.8 Å². The fraction of sp³-hybridized carbons (Fsp3) is 0.659. The summed E-state index contributed by atoms with van der Waals surface area (Å²) in [5.41, 5.74) is 0. The van der Waals surface area contributed by atoms with Crippen molar-refractivity contribution in [2.45, 2.75) is 161 Å². The second-order valence-corrected chi connectivity index (χ2v) is 13.8. The van der Waals surface area contributed by atoms with Crippen molar-refractivity contribution in [3.8, 4) is 0 Å². The number of phosphoric ester groups is 1. The molecule has 0 heterocycles. The SMILES string of the molecule is CC/C=C/C/C=C/C/C=C/C/C=C/CCCCC(=O)OC[C@H](COP(=O)(O)O)OC(=O)CCC/C=C/C/C=C/CCCCCCCCCCC. The molecule has 8 nitrogen and oxygen atoms in total. The van der Waals surface area contributed by atoms with E-state index < -0.39 is 32.5 Å². The second-order valence-electron chi connectivity index (χ2n) is 12.5. The van der Waals surface area contributed by atoms with E-state index in [9.17, 15) is 14.2 Å². The lowest BCUT2D eigenvalue weighted by Crippen LogP contribution is -2.29. The molecule has 0 aliphatic heterocycles. The molecule has 0 fully saturated rings. The highest BCUT2D eigenvalue weighted by Crippen LogP contribution is 2.35. The molecule has 2 N–H and O–H groups in total. The topological polar surface area (TPSA) is 119 Å². The molecule has 0 bridgehead atoms. The Morgan fingerprint density at radius 3 is 1.50 bits per heavy atom. The average molecular weight is 721 g/mol. The monoisotopic (exact) mass is 720 g/mol. The molecule has 286 valence electrons. The normalized spacial score (nSPS) is 13.3. The van der Waals surface area contributed by atoms with Gasteiger partial charge < -0.3 is 19.3 Å². The van der Waals surface area contributed by atoms with E-state index >= 15 is 0 Å². The zero-order valence-electron chi connectivity index (χ0n) is 31.3. The number of phosphoric acid groups is 1. The lowest BCUT2D eigenvalue weighted by Gasteiger charge is -2.18. The van der Waals surface area contributed by atoms with Gasteiger partial charge in [0.25, 0.3) is 0 Å². The van der Waals surface area contributed by atoms with Crippen molar-refractivity contribution in [3.63, 3.8) is 0 Å². The van der Waals surface area contributed by atoms with Gasteiger partial charge >= 0.3 is 19.8 Å². The fourth-order valence-electron chi connectivity index (χ4n) is 4.87. The van der Waals surface area contributed by atoms with Crippen LogP contribution in [0, 0.1) is 0 Å². The van der Waals surface area contributed by atoms with E-state index in [2.05, 4.69) is 85.2 Å². The van der Waals surface area contributed by atoms with Crippen molar-refractivity contribution in [2.75, 3.05) is 13.2 Å². The summed E-state index contributed by atoms with van der Waals surface area (Å²) in [5, 5.41) is 0. The van der Waals surface area contributed by atoms with Crippen LogP contribution in [0.4, 0.5) is 0 Å². The third-order valence-electron chi connectivity index (χ3n) is 7.71. The second kappa shape index (κ2) is 36.3. The molecule has 0 aromatic heterocycles. The highest BCUT2D eigenvalue weighted by atomic mass is 31.2. The van der Waals surface area contributed by atoms with Gasteiger partial charge in [0.05, 0.1) is 6.61 Å². The standard InChI is InChI=1S/C41H69O8P/c1-3-5-7-9-11-13-15-17-19-20-22-24-26-28-30-32-34-36-41(43)49-39(38-48-50(44,45)46)37-47-40(42)35-33-31-29-27-25-23-21-18-16-14-12-10-8-6-4-2/h6,8,12,14,18,21-22,24-25,27-28,30,39H,3-5,7,9-11,13,15-17,19-20,23,26,29,31-38H2,1-2H3,(H2,44,45,46)/b8-6+,14-12+,21-18+,24-22+,27-25+,30-28+/t39-/m1/s1. The maximum absolute atomic E-state index is 12.3. The number of allylic oxidation sites excluding steroid dienone is 12. The molecule has 0 aromatic rings. The quantitative estimate of drug-likeness (QED) is 0.0292. The van der Waals surface area contributed by atoms with Crippen molar-refractivity contribution in [3.05, 3.63) is 72.9 Å². The average Bonchev–Trinajstić information content (AvgIpc) is 3.08. The highest BCUT2D eigenvalue weighted by molar-refractivity contribution is 7.46. The van der Waals surface area contributed by atoms with E-state index in [1.54, 1.807) is 0 Å². The maximum atomic E-state index is 12.3. The molecule has 9 heteroatoms. The molecule has 0 rings (SSSR count). The Kier molecular flexibility index (Phi) is 34.5. The van der Waals surface area contributed by atoms with Gasteiger partial charge in [0.1, 0.15) is 6.61 Å². The first-order valence-corrected chi connectivity index (χ1v) is 20.8. The summed E-state index contributed by atoms with van der Waals surface area (Å²) in [6, 6.07) is 0. The Morgan fingerprint density at radius 2 is 0.980 bits per heavy atom. The van der Waals surface area contributed by atoms with Gasteiger partial charge in [-0.3, -0.25) is 14.1 Å². The van der Waals surface area contributed by atoms with Crippen LogP contribution >= 0.6 is 7.82 Å². The molecule has 0 aliphatic carbocycles. The minimum atomic E-state index is -4.77. The largest absolute Gasteiger partial charge is 0.469 e. The van der Waals surface area contributed by atoms with Crippen molar-refractivity contribution in [1.82, 2.24) is 0 Å². The Morgan fingerprint density at radius 1 is 0.540 bits per heavy atom. The number of ether oxygens (including phenoxy) is 2. The van der Waals surface area contributed by atoms with Crippen LogP contribution in [0.25, 0.3) is 0 Å². The van der Waals surface area contributed by atoms with Crippen LogP contribution in [0.3, 0.4) is 0 Å². The van der Waals surface area contributed by atoms with Crippen LogP contribution in [-0.2, 0) is 28.2 Å². The minimum Gasteiger partial charge on any atom is -0.462 e. The van der Waals surface area contributed by atoms with Crippen LogP contribution in [0.2, 0.25) is 0 Å². The number of carbonyl (C=O) groups is 2. The number of esters is 2. The van der Waals surface area contributed by atoms with E-state index in [0.717, 1.165) is 51.4 Å². The first-order valence-electron chi connectivity index (χ1n) is 19.2. The third kappa shape index (κ3) is 38.3. The summed E-state index contributed by atoms with van der Waals surface area (Å²) < 4.78 is 26.2. The predicted molar refractivity (Wildman–Crippen MR) is 207 cm³/mol. The van der Waals surface area contributed by atoms with Gasteiger partial charge in [0, 0.05) is 12.8 Å². The molecule has 0 unspecified atom stereocenters. The first-order chi connectivity index (χ1) is 24.3. The van der Waals surface area contributed by atoms with Crippen LogP contribution in [-0.4, -0.2) is 41.0 Å². The number of carbonyl (C=O) groups excluding carboxylic acids is 2. The van der Waals surface area contributed by atoms with Crippen LogP contribution in [0.15, 0.2) is 72.9 Å². The van der Waals surface area contributed by atoms with Crippen molar-refractivity contribution >= 4 is 19.8 Å². The minimum absolute atomic E-state index is 0.135. The number of hydrogen-bond donors (Lipinski definition) is 2. The van der Waals surface area contributed by atoms with Crippen LogP contribution in [0.1, 0.15) is 155 Å². The van der Waals surface area contributed by atoms with Crippen molar-refractivity contribution < 1.29 is 37.9 Å². The van der Waals surface area contributed by atoms with Crippen LogP contribution in [0.5, 0.6) is 0 Å². The van der Waals surface area contributed by atoms with E-state index in [4.69, 9.17) is 19.3 Å². The van der Waals surface area contributed by atoms with Crippen molar-refractivity contribution in [2.24, 2.45) is 0 Å². The molecular formula is C41H69O8P.